The Morgan fingerprint density at radius 1 is 1.03 bits per heavy atom. The number of methoxy groups -OCH3 is 1. The van der Waals surface area contributed by atoms with E-state index >= 15 is 4.39 Å². The number of esters is 1. The molecule has 1 aromatic carbocycles. The van der Waals surface area contributed by atoms with E-state index in [4.69, 9.17) is 4.74 Å². The topological polar surface area (TPSA) is 34.1 Å². The Kier molecular flexibility index (Phi) is 6.04. The fourth-order valence-corrected chi connectivity index (χ4v) is 5.74. The van der Waals surface area contributed by atoms with Gasteiger partial charge in [-0.05, 0) is 30.2 Å². The largest absolute Gasteiger partial charge is 0.461 e. The first-order valence-electron chi connectivity index (χ1n) is 11.4. The van der Waals surface area contributed by atoms with Crippen LogP contribution in [0.5, 0.6) is 0 Å². The number of ether oxygens (including phenoxy) is 1. The molecule has 2 aromatic heterocycles. The summed E-state index contributed by atoms with van der Waals surface area (Å²) in [6.45, 7) is 6.86. The molecule has 0 spiro atoms. The summed E-state index contributed by atoms with van der Waals surface area (Å²) in [6, 6.07) is 13.6. The lowest BCUT2D eigenvalue weighted by atomic mass is 9.58. The Bertz CT molecular complexity index is 1210. The zero-order valence-electron chi connectivity index (χ0n) is 19.6. The number of halogens is 2. The van der Waals surface area contributed by atoms with Crippen LogP contribution >= 0.6 is 0 Å². The van der Waals surface area contributed by atoms with E-state index in [9.17, 15) is 9.18 Å². The molecule has 0 bridgehead atoms. The molecule has 2 atom stereocenters. The van der Waals surface area contributed by atoms with E-state index < -0.39 is 28.6 Å². The van der Waals surface area contributed by atoms with Gasteiger partial charge in [0.15, 0.2) is 17.9 Å². The van der Waals surface area contributed by atoms with Crippen LogP contribution in [0.2, 0.25) is 0 Å². The van der Waals surface area contributed by atoms with Crippen molar-refractivity contribution < 1.29 is 27.4 Å². The lowest BCUT2D eigenvalue weighted by Crippen LogP contribution is -2.69. The average molecular weight is 453 g/mol. The van der Waals surface area contributed by atoms with Crippen molar-refractivity contribution in [1.82, 2.24) is 0 Å². The third kappa shape index (κ3) is 3.43. The van der Waals surface area contributed by atoms with Crippen molar-refractivity contribution in [3.05, 3.63) is 83.8 Å². The van der Waals surface area contributed by atoms with Crippen molar-refractivity contribution in [1.29, 1.82) is 0 Å². The highest BCUT2D eigenvalue weighted by Gasteiger charge is 2.60. The van der Waals surface area contributed by atoms with Crippen LogP contribution in [0.4, 0.5) is 8.78 Å². The first kappa shape index (κ1) is 23.0. The summed E-state index contributed by atoms with van der Waals surface area (Å²) in [6.07, 6.45) is 5.86. The Morgan fingerprint density at radius 2 is 1.76 bits per heavy atom. The average Bonchev–Trinajstić information content (AvgIpc) is 2.83. The molecule has 0 saturated heterocycles. The van der Waals surface area contributed by atoms with Gasteiger partial charge in [-0.15, -0.1) is 0 Å². The van der Waals surface area contributed by atoms with Crippen LogP contribution in [-0.2, 0) is 22.2 Å². The van der Waals surface area contributed by atoms with Gasteiger partial charge in [-0.3, -0.25) is 0 Å². The van der Waals surface area contributed by atoms with Gasteiger partial charge < -0.3 is 4.74 Å². The molecule has 3 aromatic rings. The minimum absolute atomic E-state index is 0.416. The molecular formula is C27H30F2N2O2+2. The van der Waals surface area contributed by atoms with Crippen molar-refractivity contribution in [2.75, 3.05) is 7.11 Å². The van der Waals surface area contributed by atoms with Gasteiger partial charge in [-0.25, -0.2) is 13.6 Å². The number of aryl methyl sites for hydroxylation is 1. The minimum Gasteiger partial charge on any atom is -0.461 e. The highest BCUT2D eigenvalue weighted by molar-refractivity contribution is 5.85. The molecule has 6 heteroatoms. The summed E-state index contributed by atoms with van der Waals surface area (Å²) in [4.78, 5) is 12.3. The third-order valence-electron chi connectivity index (χ3n) is 7.66. The van der Waals surface area contributed by atoms with Gasteiger partial charge in [0.1, 0.15) is 18.2 Å². The van der Waals surface area contributed by atoms with Gasteiger partial charge in [-0.2, -0.15) is 9.13 Å². The fraction of sp³-hybridized carbons (Fsp3) is 0.370. The number of hydrogen-bond acceptors (Lipinski definition) is 2. The maximum atomic E-state index is 15.3. The predicted molar refractivity (Wildman–Crippen MR) is 120 cm³/mol. The Labute approximate surface area is 193 Å². The van der Waals surface area contributed by atoms with Crippen molar-refractivity contribution in [2.24, 2.45) is 0 Å². The molecule has 3 heterocycles. The molecule has 2 unspecified atom stereocenters. The maximum Gasteiger partial charge on any atom is 0.403 e. The number of aromatic nitrogens is 2. The number of rotatable bonds is 6. The summed E-state index contributed by atoms with van der Waals surface area (Å²) >= 11 is 0. The van der Waals surface area contributed by atoms with Crippen molar-refractivity contribution in [3.63, 3.8) is 0 Å². The van der Waals surface area contributed by atoms with Crippen LogP contribution in [0.3, 0.4) is 0 Å². The van der Waals surface area contributed by atoms with Gasteiger partial charge in [0.25, 0.3) is 5.69 Å². The lowest BCUT2D eigenvalue weighted by Gasteiger charge is -2.47. The molecule has 0 saturated carbocycles. The fourth-order valence-electron chi connectivity index (χ4n) is 5.74. The molecule has 4 rings (SSSR count). The summed E-state index contributed by atoms with van der Waals surface area (Å²) < 4.78 is 38.9. The van der Waals surface area contributed by atoms with Gasteiger partial charge in [0.05, 0.1) is 18.1 Å². The van der Waals surface area contributed by atoms with Crippen LogP contribution < -0.4 is 9.13 Å². The van der Waals surface area contributed by atoms with Gasteiger partial charge in [-0.1, -0.05) is 13.8 Å². The molecule has 1 aliphatic heterocycles. The van der Waals surface area contributed by atoms with Crippen LogP contribution in [0.15, 0.2) is 60.9 Å². The summed E-state index contributed by atoms with van der Waals surface area (Å²) in [5.41, 5.74) is 1.33. The molecule has 33 heavy (non-hydrogen) atoms. The molecule has 0 aliphatic carbocycles. The van der Waals surface area contributed by atoms with Gasteiger partial charge >= 0.3 is 5.97 Å². The van der Waals surface area contributed by atoms with Crippen molar-refractivity contribution in [2.45, 2.75) is 57.5 Å². The van der Waals surface area contributed by atoms with Crippen LogP contribution in [-0.4, -0.2) is 13.1 Å². The summed E-state index contributed by atoms with van der Waals surface area (Å²) in [5.74, 6) is -1.54. The molecule has 0 radical (unpaired) electrons. The summed E-state index contributed by atoms with van der Waals surface area (Å²) in [7, 11) is 1.36. The Balaban J connectivity index is 1.93. The number of nitrogens with zero attached hydrogens (tertiary/aromatic N) is 2. The second-order valence-electron chi connectivity index (χ2n) is 8.85. The van der Waals surface area contributed by atoms with Crippen LogP contribution in [0.25, 0.3) is 11.3 Å². The number of carbonyl (C=O) groups excluding carboxylic acids is 1. The lowest BCUT2D eigenvalue weighted by molar-refractivity contribution is -0.769. The third-order valence-corrected chi connectivity index (χ3v) is 7.66. The summed E-state index contributed by atoms with van der Waals surface area (Å²) in [5, 5.41) is 0. The zero-order chi connectivity index (χ0) is 23.8. The van der Waals surface area contributed by atoms with Crippen molar-refractivity contribution >= 4 is 5.97 Å². The second-order valence-corrected chi connectivity index (χ2v) is 8.85. The Morgan fingerprint density at radius 3 is 2.45 bits per heavy atom. The molecule has 0 fully saturated rings. The number of benzene rings is 1. The number of pyridine rings is 2. The second kappa shape index (κ2) is 8.65. The van der Waals surface area contributed by atoms with E-state index in [1.807, 2.05) is 41.2 Å². The van der Waals surface area contributed by atoms with E-state index in [2.05, 4.69) is 25.3 Å². The first-order chi connectivity index (χ1) is 15.8. The highest BCUT2D eigenvalue weighted by atomic mass is 19.1. The first-order valence-corrected chi connectivity index (χ1v) is 11.4. The van der Waals surface area contributed by atoms with Crippen molar-refractivity contribution in [3.8, 4) is 11.3 Å². The van der Waals surface area contributed by atoms with E-state index in [0.29, 0.717) is 36.2 Å². The number of fused-ring (bicyclic) bond motifs is 3. The van der Waals surface area contributed by atoms with Crippen LogP contribution in [0, 0.1) is 11.6 Å². The molecular weight excluding hydrogens is 422 g/mol. The SMILES string of the molecule is CCC1(CC[n+]2ccccc2C(=O)OC)c2cc(F)cc(F)c2-c2cccc[n+]2C1(C)CC. The van der Waals surface area contributed by atoms with E-state index in [0.717, 1.165) is 18.2 Å². The molecule has 0 amide bonds. The number of carbonyl (C=O) groups is 1. The predicted octanol–water partition coefficient (Wildman–Crippen LogP) is 4.87. The monoisotopic (exact) mass is 452 g/mol. The van der Waals surface area contributed by atoms with E-state index in [-0.39, 0.29) is 0 Å². The molecule has 4 nitrogen and oxygen atoms in total. The standard InChI is InChI=1S/C27H30F2N2O2/c1-5-26(3)27(6-2,13-16-30-14-9-7-12-23(30)25(32)33-4)20-17-19(28)18-21(29)24(20)22-11-8-10-15-31(22)26/h7-12,14-15,17-18H,5-6,13,16H2,1-4H3/q+2. The molecule has 0 N–H and O–H groups in total. The number of hydrogen-bond donors (Lipinski definition) is 0. The molecule has 172 valence electrons. The molecule has 1 aliphatic rings. The normalized spacial score (nSPS) is 21.3. The van der Waals surface area contributed by atoms with Gasteiger partial charge in [0.2, 0.25) is 5.69 Å². The van der Waals surface area contributed by atoms with E-state index in [1.165, 1.54) is 13.2 Å². The van der Waals surface area contributed by atoms with Crippen LogP contribution in [0.1, 0.15) is 56.1 Å². The maximum absolute atomic E-state index is 15.3. The zero-order valence-corrected chi connectivity index (χ0v) is 19.6. The smallest absolute Gasteiger partial charge is 0.403 e. The van der Waals surface area contributed by atoms with E-state index in [1.54, 1.807) is 12.1 Å². The quantitative estimate of drug-likeness (QED) is 0.395. The minimum atomic E-state index is -0.575. The highest BCUT2D eigenvalue weighted by Crippen LogP contribution is 2.52. The van der Waals surface area contributed by atoms with Gasteiger partial charge in [0, 0.05) is 50.1 Å². The Hall–Kier alpha value is -3.15.